The standard InChI is InChI=1S/C20H23NO6S/c1-11-16(26-10-17(22)21-15(19(23)24)8-9-28-2)7-6-13-12-4-3-5-14(12)20(25)27-18(11)13/h6-7,15H,3-5,8-10H2,1-2H3,(H,21,22)(H,23,24)/t15-/m0/s1. The molecule has 0 saturated carbocycles. The second-order valence-corrected chi connectivity index (χ2v) is 7.78. The zero-order valence-corrected chi connectivity index (χ0v) is 16.7. The van der Waals surface area contributed by atoms with Gasteiger partial charge in [0.1, 0.15) is 17.4 Å². The van der Waals surface area contributed by atoms with Gasteiger partial charge in [-0.25, -0.2) is 9.59 Å². The molecule has 1 aliphatic carbocycles. The summed E-state index contributed by atoms with van der Waals surface area (Å²) in [6.07, 6.45) is 4.75. The highest BCUT2D eigenvalue weighted by atomic mass is 32.2. The lowest BCUT2D eigenvalue weighted by atomic mass is 10.0. The molecule has 7 nitrogen and oxygen atoms in total. The van der Waals surface area contributed by atoms with Gasteiger partial charge in [0.25, 0.3) is 5.91 Å². The SMILES string of the molecule is CSCC[C@H](NC(=O)COc1ccc2c3c(c(=O)oc2c1C)CCC3)C(=O)O. The third-order valence-electron chi connectivity index (χ3n) is 4.94. The fourth-order valence-corrected chi connectivity index (χ4v) is 3.96. The summed E-state index contributed by atoms with van der Waals surface area (Å²) in [4.78, 5) is 35.5. The first kappa shape index (κ1) is 20.3. The monoisotopic (exact) mass is 405 g/mol. The van der Waals surface area contributed by atoms with Crippen LogP contribution in [0.1, 0.15) is 29.5 Å². The average molecular weight is 405 g/mol. The number of aryl methyl sites for hydroxylation is 2. The van der Waals surface area contributed by atoms with Crippen LogP contribution in [0.3, 0.4) is 0 Å². The van der Waals surface area contributed by atoms with Crippen molar-refractivity contribution < 1.29 is 23.8 Å². The van der Waals surface area contributed by atoms with Crippen molar-refractivity contribution in [3.05, 3.63) is 39.2 Å². The van der Waals surface area contributed by atoms with Gasteiger partial charge in [0.15, 0.2) is 6.61 Å². The van der Waals surface area contributed by atoms with Crippen LogP contribution in [-0.4, -0.2) is 41.6 Å². The minimum Gasteiger partial charge on any atom is -0.483 e. The Balaban J connectivity index is 1.73. The fraction of sp³-hybridized carbons (Fsp3) is 0.450. The van der Waals surface area contributed by atoms with Gasteiger partial charge in [-0.3, -0.25) is 4.79 Å². The Kier molecular flexibility index (Phi) is 6.28. The number of carboxylic acid groups (broad SMARTS) is 1. The molecule has 3 rings (SSSR count). The van der Waals surface area contributed by atoms with Gasteiger partial charge >= 0.3 is 11.6 Å². The molecular weight excluding hydrogens is 382 g/mol. The number of benzene rings is 1. The molecule has 0 fully saturated rings. The minimum absolute atomic E-state index is 0.309. The Morgan fingerprint density at radius 1 is 1.32 bits per heavy atom. The maximum atomic E-state index is 12.2. The number of carboxylic acids is 1. The van der Waals surface area contributed by atoms with Crippen LogP contribution in [-0.2, 0) is 22.4 Å². The molecule has 1 amide bonds. The summed E-state index contributed by atoms with van der Waals surface area (Å²) in [5.74, 6) is -0.520. The molecule has 28 heavy (non-hydrogen) atoms. The summed E-state index contributed by atoms with van der Waals surface area (Å²) < 4.78 is 11.1. The number of carbonyl (C=O) groups excluding carboxylic acids is 1. The Morgan fingerprint density at radius 2 is 2.07 bits per heavy atom. The Hall–Kier alpha value is -2.48. The van der Waals surface area contributed by atoms with Crippen LogP contribution < -0.4 is 15.7 Å². The Bertz CT molecular complexity index is 967. The third kappa shape index (κ3) is 4.16. The van der Waals surface area contributed by atoms with E-state index in [2.05, 4.69) is 5.32 Å². The number of aliphatic carboxylic acids is 1. The van der Waals surface area contributed by atoms with Crippen molar-refractivity contribution in [3.8, 4) is 5.75 Å². The lowest BCUT2D eigenvalue weighted by Crippen LogP contribution is -2.43. The van der Waals surface area contributed by atoms with Crippen LogP contribution in [0.2, 0.25) is 0 Å². The van der Waals surface area contributed by atoms with E-state index in [1.807, 2.05) is 12.3 Å². The van der Waals surface area contributed by atoms with Crippen molar-refractivity contribution in [2.24, 2.45) is 0 Å². The van der Waals surface area contributed by atoms with Gasteiger partial charge in [-0.2, -0.15) is 11.8 Å². The van der Waals surface area contributed by atoms with E-state index >= 15 is 0 Å². The summed E-state index contributed by atoms with van der Waals surface area (Å²) in [7, 11) is 0. The molecule has 0 unspecified atom stereocenters. The van der Waals surface area contributed by atoms with Crippen molar-refractivity contribution in [1.82, 2.24) is 5.32 Å². The molecule has 0 spiro atoms. The van der Waals surface area contributed by atoms with Crippen LogP contribution >= 0.6 is 11.8 Å². The van der Waals surface area contributed by atoms with E-state index in [0.29, 0.717) is 29.1 Å². The number of hydrogen-bond donors (Lipinski definition) is 2. The van der Waals surface area contributed by atoms with Crippen LogP contribution in [0.15, 0.2) is 21.3 Å². The van der Waals surface area contributed by atoms with Crippen molar-refractivity contribution in [3.63, 3.8) is 0 Å². The van der Waals surface area contributed by atoms with Crippen LogP contribution in [0, 0.1) is 6.92 Å². The molecule has 1 atom stereocenters. The molecular formula is C20H23NO6S. The van der Waals surface area contributed by atoms with E-state index in [4.69, 9.17) is 9.15 Å². The van der Waals surface area contributed by atoms with Gasteiger partial charge in [0.05, 0.1) is 0 Å². The van der Waals surface area contributed by atoms with E-state index in [9.17, 15) is 19.5 Å². The summed E-state index contributed by atoms with van der Waals surface area (Å²) >= 11 is 1.52. The first-order valence-electron chi connectivity index (χ1n) is 9.14. The summed E-state index contributed by atoms with van der Waals surface area (Å²) in [5, 5.41) is 12.6. The van der Waals surface area contributed by atoms with Gasteiger partial charge < -0.3 is 19.6 Å². The number of ether oxygens (including phenoxy) is 1. The van der Waals surface area contributed by atoms with Crippen molar-refractivity contribution in [2.75, 3.05) is 18.6 Å². The van der Waals surface area contributed by atoms with E-state index in [1.54, 1.807) is 13.0 Å². The second-order valence-electron chi connectivity index (χ2n) is 6.79. The smallest absolute Gasteiger partial charge is 0.339 e. The number of nitrogens with one attached hydrogen (secondary N) is 1. The zero-order valence-electron chi connectivity index (χ0n) is 15.9. The minimum atomic E-state index is -1.07. The lowest BCUT2D eigenvalue weighted by Gasteiger charge is -2.15. The second kappa shape index (κ2) is 8.68. The molecule has 2 aromatic rings. The highest BCUT2D eigenvalue weighted by Crippen LogP contribution is 2.32. The van der Waals surface area contributed by atoms with Crippen molar-refractivity contribution in [2.45, 2.75) is 38.6 Å². The summed E-state index contributed by atoms with van der Waals surface area (Å²) in [6.45, 7) is 1.46. The molecule has 0 bridgehead atoms. The number of fused-ring (bicyclic) bond motifs is 3. The molecule has 0 aliphatic heterocycles. The topological polar surface area (TPSA) is 106 Å². The van der Waals surface area contributed by atoms with Gasteiger partial charge in [-0.1, -0.05) is 0 Å². The van der Waals surface area contributed by atoms with E-state index in [-0.39, 0.29) is 12.2 Å². The van der Waals surface area contributed by atoms with Crippen LogP contribution in [0.4, 0.5) is 0 Å². The molecule has 1 aromatic heterocycles. The first-order valence-corrected chi connectivity index (χ1v) is 10.5. The molecule has 1 aromatic carbocycles. The number of amides is 1. The Labute approximate surface area is 166 Å². The molecule has 0 saturated heterocycles. The molecule has 150 valence electrons. The van der Waals surface area contributed by atoms with Crippen molar-refractivity contribution in [1.29, 1.82) is 0 Å². The fourth-order valence-electron chi connectivity index (χ4n) is 3.49. The largest absolute Gasteiger partial charge is 0.483 e. The van der Waals surface area contributed by atoms with Crippen molar-refractivity contribution >= 4 is 34.6 Å². The quantitative estimate of drug-likeness (QED) is 0.649. The number of carbonyl (C=O) groups is 2. The molecule has 0 radical (unpaired) electrons. The predicted molar refractivity (Wildman–Crippen MR) is 107 cm³/mol. The van der Waals surface area contributed by atoms with Gasteiger partial charge in [0, 0.05) is 16.5 Å². The average Bonchev–Trinajstić information content (AvgIpc) is 3.16. The molecule has 1 aliphatic rings. The van der Waals surface area contributed by atoms with Crippen LogP contribution in [0.5, 0.6) is 5.75 Å². The molecule has 2 N–H and O–H groups in total. The highest BCUT2D eigenvalue weighted by molar-refractivity contribution is 7.98. The lowest BCUT2D eigenvalue weighted by molar-refractivity contribution is -0.142. The zero-order chi connectivity index (χ0) is 20.3. The summed E-state index contributed by atoms with van der Waals surface area (Å²) in [5.41, 5.74) is 2.61. The van der Waals surface area contributed by atoms with Gasteiger partial charge in [-0.15, -0.1) is 0 Å². The van der Waals surface area contributed by atoms with E-state index in [0.717, 1.165) is 35.8 Å². The van der Waals surface area contributed by atoms with Gasteiger partial charge in [-0.05, 0) is 62.3 Å². The summed E-state index contributed by atoms with van der Waals surface area (Å²) in [6, 6.07) is 2.66. The predicted octanol–water partition coefficient (Wildman–Crippen LogP) is 2.29. The third-order valence-corrected chi connectivity index (χ3v) is 5.59. The molecule has 1 heterocycles. The van der Waals surface area contributed by atoms with E-state index in [1.165, 1.54) is 11.8 Å². The molecule has 8 heteroatoms. The first-order chi connectivity index (χ1) is 13.4. The van der Waals surface area contributed by atoms with Crippen LogP contribution in [0.25, 0.3) is 11.0 Å². The normalized spacial score (nSPS) is 13.9. The number of rotatable bonds is 8. The number of hydrogen-bond acceptors (Lipinski definition) is 6. The Morgan fingerprint density at radius 3 is 2.79 bits per heavy atom. The maximum absolute atomic E-state index is 12.2. The van der Waals surface area contributed by atoms with Gasteiger partial charge in [0.2, 0.25) is 0 Å². The van der Waals surface area contributed by atoms with E-state index < -0.39 is 17.9 Å². The highest BCUT2D eigenvalue weighted by Gasteiger charge is 2.22. The number of thioether (sulfide) groups is 1. The maximum Gasteiger partial charge on any atom is 0.339 e.